The summed E-state index contributed by atoms with van der Waals surface area (Å²) in [4.78, 5) is 0.497. The van der Waals surface area contributed by atoms with Gasteiger partial charge in [-0.15, -0.1) is 0 Å². The third-order valence-corrected chi connectivity index (χ3v) is 5.61. The van der Waals surface area contributed by atoms with Crippen LogP contribution in [0.25, 0.3) is 0 Å². The molecule has 18 heavy (non-hydrogen) atoms. The summed E-state index contributed by atoms with van der Waals surface area (Å²) < 4.78 is 24.0. The Bertz CT molecular complexity index is 534. The topological polar surface area (TPSA) is 46.2 Å². The van der Waals surface area contributed by atoms with E-state index in [1.165, 1.54) is 0 Å². The predicted molar refractivity (Wildman–Crippen MR) is 73.3 cm³/mol. The van der Waals surface area contributed by atoms with E-state index in [0.717, 1.165) is 18.5 Å². The van der Waals surface area contributed by atoms with Gasteiger partial charge in [-0.05, 0) is 23.5 Å². The summed E-state index contributed by atoms with van der Waals surface area (Å²) in [5.74, 6) is 0.187. The third kappa shape index (κ3) is 2.59. The molecular weight excluding hydrogens is 246 g/mol. The van der Waals surface area contributed by atoms with Crippen molar-refractivity contribution in [1.29, 1.82) is 0 Å². The van der Waals surface area contributed by atoms with Crippen LogP contribution < -0.4 is 5.32 Å². The molecule has 0 amide bonds. The van der Waals surface area contributed by atoms with Gasteiger partial charge in [-0.1, -0.05) is 39.0 Å². The van der Waals surface area contributed by atoms with Crippen molar-refractivity contribution in [2.75, 3.05) is 12.3 Å². The van der Waals surface area contributed by atoms with Gasteiger partial charge < -0.3 is 5.32 Å². The van der Waals surface area contributed by atoms with Gasteiger partial charge in [-0.2, -0.15) is 0 Å². The molecule has 1 aliphatic heterocycles. The molecule has 4 heteroatoms. The van der Waals surface area contributed by atoms with Gasteiger partial charge in [0.15, 0.2) is 9.84 Å². The smallest absolute Gasteiger partial charge is 0.180 e. The number of sulfone groups is 1. The first-order valence-electron chi connectivity index (χ1n) is 6.41. The second-order valence-electron chi connectivity index (χ2n) is 5.77. The van der Waals surface area contributed by atoms with E-state index in [4.69, 9.17) is 0 Å². The second-order valence-corrected chi connectivity index (χ2v) is 7.77. The molecule has 0 spiro atoms. The van der Waals surface area contributed by atoms with Crippen LogP contribution in [0.4, 0.5) is 0 Å². The van der Waals surface area contributed by atoms with E-state index in [9.17, 15) is 8.42 Å². The molecule has 1 heterocycles. The average Bonchev–Trinajstić information content (AvgIpc) is 2.60. The number of fused-ring (bicyclic) bond motifs is 1. The number of hydrogen-bond donors (Lipinski definition) is 1. The van der Waals surface area contributed by atoms with Crippen molar-refractivity contribution in [1.82, 2.24) is 5.32 Å². The molecule has 0 saturated heterocycles. The lowest BCUT2D eigenvalue weighted by atomic mass is 9.90. The fourth-order valence-corrected chi connectivity index (χ4v) is 3.92. The Kier molecular flexibility index (Phi) is 3.52. The molecule has 1 N–H and O–H groups in total. The predicted octanol–water partition coefficient (Wildman–Crippen LogP) is 2.54. The number of nitrogens with one attached hydrogen (secondary N) is 1. The van der Waals surface area contributed by atoms with Gasteiger partial charge in [0.25, 0.3) is 0 Å². The molecule has 100 valence electrons. The zero-order valence-electron chi connectivity index (χ0n) is 11.2. The highest BCUT2D eigenvalue weighted by Gasteiger charge is 2.34. The zero-order chi connectivity index (χ0) is 13.4. The Balaban J connectivity index is 2.19. The lowest BCUT2D eigenvalue weighted by Crippen LogP contribution is -2.32. The minimum atomic E-state index is -3.09. The molecule has 1 aromatic carbocycles. The first-order valence-corrected chi connectivity index (χ1v) is 8.06. The monoisotopic (exact) mass is 267 g/mol. The molecule has 2 rings (SSSR count). The molecule has 0 saturated carbocycles. The van der Waals surface area contributed by atoms with Crippen LogP contribution >= 0.6 is 0 Å². The minimum Gasteiger partial charge on any atom is -0.308 e. The van der Waals surface area contributed by atoms with Gasteiger partial charge in [-0.3, -0.25) is 0 Å². The van der Waals surface area contributed by atoms with Crippen LogP contribution in [-0.2, 0) is 9.84 Å². The van der Waals surface area contributed by atoms with Gasteiger partial charge in [0, 0.05) is 12.6 Å². The fraction of sp³-hybridized carbons (Fsp3) is 0.571. The summed E-state index contributed by atoms with van der Waals surface area (Å²) in [6.07, 6.45) is 1.07. The van der Waals surface area contributed by atoms with Crippen molar-refractivity contribution in [3.63, 3.8) is 0 Å². The van der Waals surface area contributed by atoms with Crippen molar-refractivity contribution >= 4 is 9.84 Å². The Hall–Kier alpha value is -0.870. The van der Waals surface area contributed by atoms with Crippen LogP contribution in [0.3, 0.4) is 0 Å². The average molecular weight is 267 g/mol. The van der Waals surface area contributed by atoms with Crippen LogP contribution in [0.1, 0.15) is 38.8 Å². The normalized spacial score (nSPS) is 21.8. The van der Waals surface area contributed by atoms with Crippen LogP contribution in [0.15, 0.2) is 29.2 Å². The van der Waals surface area contributed by atoms with Crippen LogP contribution in [0.2, 0.25) is 0 Å². The largest absolute Gasteiger partial charge is 0.308 e. The highest BCUT2D eigenvalue weighted by Crippen LogP contribution is 2.33. The SMILES string of the molecule is CCC(C)(C)CNC1CS(=O)(=O)c2ccccc21. The highest BCUT2D eigenvalue weighted by atomic mass is 32.2. The van der Waals surface area contributed by atoms with E-state index in [-0.39, 0.29) is 17.2 Å². The van der Waals surface area contributed by atoms with Crippen molar-refractivity contribution in [2.24, 2.45) is 5.41 Å². The molecule has 0 aliphatic carbocycles. The Labute approximate surface area is 110 Å². The minimum absolute atomic E-state index is 0.0583. The molecule has 1 aliphatic rings. The maximum atomic E-state index is 12.0. The highest BCUT2D eigenvalue weighted by molar-refractivity contribution is 7.91. The third-order valence-electron chi connectivity index (χ3n) is 3.80. The van der Waals surface area contributed by atoms with Crippen LogP contribution in [0.5, 0.6) is 0 Å². The van der Waals surface area contributed by atoms with E-state index in [0.29, 0.717) is 4.90 Å². The van der Waals surface area contributed by atoms with Crippen LogP contribution in [0, 0.1) is 5.41 Å². The van der Waals surface area contributed by atoms with Crippen molar-refractivity contribution in [3.05, 3.63) is 29.8 Å². The summed E-state index contributed by atoms with van der Waals surface area (Å²) in [7, 11) is -3.09. The first kappa shape index (κ1) is 13.6. The molecule has 3 nitrogen and oxygen atoms in total. The number of rotatable bonds is 4. The molecule has 1 aromatic rings. The quantitative estimate of drug-likeness (QED) is 0.912. The lowest BCUT2D eigenvalue weighted by molar-refractivity contribution is 0.315. The van der Waals surface area contributed by atoms with Gasteiger partial charge in [0.05, 0.1) is 10.6 Å². The summed E-state index contributed by atoms with van der Waals surface area (Å²) >= 11 is 0. The van der Waals surface area contributed by atoms with E-state index in [1.807, 2.05) is 12.1 Å². The molecule has 1 unspecified atom stereocenters. The molecular formula is C14H21NO2S. The summed E-state index contributed by atoms with van der Waals surface area (Å²) in [5.41, 5.74) is 1.12. The number of hydrogen-bond acceptors (Lipinski definition) is 3. The van der Waals surface area contributed by atoms with Gasteiger partial charge >= 0.3 is 0 Å². The second kappa shape index (κ2) is 4.67. The first-order chi connectivity index (χ1) is 8.36. The van der Waals surface area contributed by atoms with E-state index >= 15 is 0 Å². The standard InChI is InChI=1S/C14H21NO2S/c1-4-14(2,3)10-15-12-9-18(16,17)13-8-6-5-7-11(12)13/h5-8,12,15H,4,9-10H2,1-3H3. The molecule has 0 bridgehead atoms. The maximum absolute atomic E-state index is 12.0. The Morgan fingerprint density at radius 3 is 2.67 bits per heavy atom. The van der Waals surface area contributed by atoms with Crippen molar-refractivity contribution in [2.45, 2.75) is 38.1 Å². The van der Waals surface area contributed by atoms with Crippen molar-refractivity contribution in [3.8, 4) is 0 Å². The number of benzene rings is 1. The van der Waals surface area contributed by atoms with E-state index in [1.54, 1.807) is 12.1 Å². The Morgan fingerprint density at radius 2 is 2.00 bits per heavy atom. The van der Waals surface area contributed by atoms with Crippen molar-refractivity contribution < 1.29 is 8.42 Å². The van der Waals surface area contributed by atoms with Gasteiger partial charge in [-0.25, -0.2) is 8.42 Å². The summed E-state index contributed by atoms with van der Waals surface area (Å²) in [6, 6.07) is 7.25. The molecule has 0 radical (unpaired) electrons. The molecule has 0 fully saturated rings. The Morgan fingerprint density at radius 1 is 1.33 bits per heavy atom. The maximum Gasteiger partial charge on any atom is 0.180 e. The fourth-order valence-electron chi connectivity index (χ4n) is 2.14. The zero-order valence-corrected chi connectivity index (χ0v) is 12.0. The van der Waals surface area contributed by atoms with Gasteiger partial charge in [0.1, 0.15) is 0 Å². The summed E-state index contributed by atoms with van der Waals surface area (Å²) in [6.45, 7) is 7.36. The summed E-state index contributed by atoms with van der Waals surface area (Å²) in [5, 5.41) is 3.41. The molecule has 0 aromatic heterocycles. The van der Waals surface area contributed by atoms with E-state index < -0.39 is 9.84 Å². The van der Waals surface area contributed by atoms with E-state index in [2.05, 4.69) is 26.1 Å². The van der Waals surface area contributed by atoms with Crippen LogP contribution in [-0.4, -0.2) is 20.7 Å². The lowest BCUT2D eigenvalue weighted by Gasteiger charge is -2.25. The van der Waals surface area contributed by atoms with Gasteiger partial charge in [0.2, 0.25) is 0 Å². The molecule has 1 atom stereocenters.